The maximum atomic E-state index is 13.1. The highest BCUT2D eigenvalue weighted by Gasteiger charge is 2.33. The minimum absolute atomic E-state index is 0.0391. The lowest BCUT2D eigenvalue weighted by atomic mass is 9.99. The van der Waals surface area contributed by atoms with E-state index in [0.29, 0.717) is 12.8 Å². The molecule has 3 N–H and O–H groups in total. The van der Waals surface area contributed by atoms with Gasteiger partial charge >= 0.3 is 0 Å². The fourth-order valence-electron chi connectivity index (χ4n) is 3.75. The van der Waals surface area contributed by atoms with Gasteiger partial charge in [-0.1, -0.05) is 38.5 Å². The van der Waals surface area contributed by atoms with Gasteiger partial charge in [0.25, 0.3) is 5.91 Å². The van der Waals surface area contributed by atoms with E-state index >= 15 is 0 Å². The van der Waals surface area contributed by atoms with Crippen LogP contribution in [0.15, 0.2) is 40.6 Å². The Balaban J connectivity index is 1.72. The minimum Gasteiger partial charge on any atom is -0.349 e. The lowest BCUT2D eigenvalue weighted by molar-refractivity contribution is -0.140. The molecule has 11 heteroatoms. The molecule has 2 aromatic rings. The highest BCUT2D eigenvalue weighted by atomic mass is 32.2. The fraction of sp³-hybridized carbons (Fsp3) is 0.478. The van der Waals surface area contributed by atoms with Crippen molar-refractivity contribution >= 4 is 39.2 Å². The molecule has 3 rings (SSSR count). The molecule has 1 aromatic carbocycles. The quantitative estimate of drug-likeness (QED) is 0.510. The van der Waals surface area contributed by atoms with Crippen LogP contribution in [0, 0.1) is 5.92 Å². The van der Waals surface area contributed by atoms with Crippen molar-refractivity contribution in [2.24, 2.45) is 5.92 Å². The van der Waals surface area contributed by atoms with Crippen LogP contribution in [-0.2, 0) is 37.2 Å². The molecule has 0 radical (unpaired) electrons. The number of ketones is 1. The van der Waals surface area contributed by atoms with Gasteiger partial charge in [0.1, 0.15) is 6.04 Å². The van der Waals surface area contributed by atoms with E-state index in [2.05, 4.69) is 19.7 Å². The van der Waals surface area contributed by atoms with E-state index in [1.165, 1.54) is 23.7 Å². The summed E-state index contributed by atoms with van der Waals surface area (Å²) in [5.74, 6) is -2.54. The van der Waals surface area contributed by atoms with Crippen LogP contribution >= 0.6 is 11.5 Å². The van der Waals surface area contributed by atoms with E-state index in [4.69, 9.17) is 0 Å². The summed E-state index contributed by atoms with van der Waals surface area (Å²) in [6.07, 6.45) is 3.01. The number of hydrogen-bond donors (Lipinski definition) is 3. The van der Waals surface area contributed by atoms with Crippen LogP contribution < -0.4 is 15.4 Å². The Morgan fingerprint density at radius 3 is 2.59 bits per heavy atom. The predicted octanol–water partition coefficient (Wildman–Crippen LogP) is 1.59. The van der Waals surface area contributed by atoms with Gasteiger partial charge < -0.3 is 10.6 Å². The Bertz CT molecular complexity index is 1120. The SMILES string of the molecule is CC(C)C(NS(=O)(=O)c1ccccc1)C(=O)NC1CCCCc2csnc2CCNC(=O)C1=O. The van der Waals surface area contributed by atoms with Gasteiger partial charge in [-0.3, -0.25) is 14.4 Å². The molecule has 0 aliphatic carbocycles. The zero-order valence-corrected chi connectivity index (χ0v) is 20.9. The van der Waals surface area contributed by atoms with Crippen molar-refractivity contribution in [3.8, 4) is 0 Å². The second kappa shape index (κ2) is 11.7. The Morgan fingerprint density at radius 2 is 1.88 bits per heavy atom. The number of benzene rings is 1. The number of amides is 2. The maximum Gasteiger partial charge on any atom is 0.289 e. The van der Waals surface area contributed by atoms with Gasteiger partial charge in [-0.15, -0.1) is 0 Å². The highest BCUT2D eigenvalue weighted by Crippen LogP contribution is 2.17. The zero-order valence-electron chi connectivity index (χ0n) is 19.2. The molecular formula is C23H30N4O5S2. The van der Waals surface area contributed by atoms with Gasteiger partial charge in [-0.05, 0) is 54.4 Å². The second-order valence-corrected chi connectivity index (χ2v) is 11.0. The van der Waals surface area contributed by atoms with Crippen molar-refractivity contribution in [3.05, 3.63) is 47.0 Å². The van der Waals surface area contributed by atoms with Gasteiger partial charge in [0.05, 0.1) is 16.6 Å². The topological polar surface area (TPSA) is 134 Å². The van der Waals surface area contributed by atoms with Crippen molar-refractivity contribution in [1.29, 1.82) is 0 Å². The third-order valence-corrected chi connectivity index (χ3v) is 7.88. The summed E-state index contributed by atoms with van der Waals surface area (Å²) >= 11 is 1.37. The number of fused-ring (bicyclic) bond motifs is 1. The highest BCUT2D eigenvalue weighted by molar-refractivity contribution is 7.89. The summed E-state index contributed by atoms with van der Waals surface area (Å²) in [6, 6.07) is 5.62. The van der Waals surface area contributed by atoms with Crippen LogP contribution in [0.3, 0.4) is 0 Å². The summed E-state index contributed by atoms with van der Waals surface area (Å²) in [5.41, 5.74) is 2.08. The molecule has 0 spiro atoms. The van der Waals surface area contributed by atoms with E-state index in [1.54, 1.807) is 32.0 Å². The monoisotopic (exact) mass is 506 g/mol. The fourth-order valence-corrected chi connectivity index (χ4v) is 5.89. The predicted molar refractivity (Wildman–Crippen MR) is 129 cm³/mol. The summed E-state index contributed by atoms with van der Waals surface area (Å²) in [4.78, 5) is 38.4. The molecule has 2 amide bonds. The van der Waals surface area contributed by atoms with Crippen molar-refractivity contribution < 1.29 is 22.8 Å². The Morgan fingerprint density at radius 1 is 1.15 bits per heavy atom. The molecule has 0 saturated heterocycles. The lowest BCUT2D eigenvalue weighted by Crippen LogP contribution is -2.55. The summed E-state index contributed by atoms with van der Waals surface area (Å²) in [6.45, 7) is 3.69. The van der Waals surface area contributed by atoms with Crippen LogP contribution in [0.1, 0.15) is 44.4 Å². The van der Waals surface area contributed by atoms with Crippen molar-refractivity contribution in [1.82, 2.24) is 19.7 Å². The first kappa shape index (κ1) is 26.0. The number of rotatable bonds is 6. The minimum atomic E-state index is -3.95. The van der Waals surface area contributed by atoms with E-state index in [-0.39, 0.29) is 17.9 Å². The molecule has 9 nitrogen and oxygen atoms in total. The summed E-state index contributed by atoms with van der Waals surface area (Å²) in [7, 11) is -3.95. The van der Waals surface area contributed by atoms with Gasteiger partial charge in [0.2, 0.25) is 21.7 Å². The smallest absolute Gasteiger partial charge is 0.289 e. The van der Waals surface area contributed by atoms with Crippen molar-refractivity contribution in [3.63, 3.8) is 0 Å². The Kier molecular flexibility index (Phi) is 8.92. The normalized spacial score (nSPS) is 18.9. The average Bonchev–Trinajstić information content (AvgIpc) is 3.25. The van der Waals surface area contributed by atoms with Gasteiger partial charge in [0.15, 0.2) is 0 Å². The van der Waals surface area contributed by atoms with E-state index in [0.717, 1.165) is 24.1 Å². The molecule has 0 fully saturated rings. The van der Waals surface area contributed by atoms with E-state index < -0.39 is 45.6 Å². The van der Waals surface area contributed by atoms with Crippen LogP contribution in [0.2, 0.25) is 0 Å². The third kappa shape index (κ3) is 6.71. The number of sulfonamides is 1. The number of aromatic nitrogens is 1. The first-order chi connectivity index (χ1) is 16.2. The van der Waals surface area contributed by atoms with Gasteiger partial charge in [-0.25, -0.2) is 8.42 Å². The Labute approximate surface area is 203 Å². The Hall–Kier alpha value is -2.63. The van der Waals surface area contributed by atoms with Crippen molar-refractivity contribution in [2.45, 2.75) is 62.9 Å². The molecule has 2 atom stereocenters. The molecule has 2 unspecified atom stereocenters. The largest absolute Gasteiger partial charge is 0.349 e. The number of nitrogens with zero attached hydrogens (tertiary/aromatic N) is 1. The maximum absolute atomic E-state index is 13.1. The third-order valence-electron chi connectivity index (χ3n) is 5.71. The van der Waals surface area contributed by atoms with Crippen LogP contribution in [-0.4, -0.2) is 49.0 Å². The molecular weight excluding hydrogens is 476 g/mol. The van der Waals surface area contributed by atoms with E-state index in [9.17, 15) is 22.8 Å². The van der Waals surface area contributed by atoms with Crippen LogP contribution in [0.5, 0.6) is 0 Å². The number of hydrogen-bond acceptors (Lipinski definition) is 7. The number of nitrogens with one attached hydrogen (secondary N) is 3. The molecule has 0 bridgehead atoms. The second-order valence-electron chi connectivity index (χ2n) is 8.62. The van der Waals surface area contributed by atoms with E-state index in [1.807, 2.05) is 5.38 Å². The zero-order chi connectivity index (χ0) is 24.7. The number of aryl methyl sites for hydroxylation is 1. The summed E-state index contributed by atoms with van der Waals surface area (Å²) < 4.78 is 32.3. The molecule has 2 heterocycles. The van der Waals surface area contributed by atoms with Crippen LogP contribution in [0.25, 0.3) is 0 Å². The van der Waals surface area contributed by atoms with Crippen LogP contribution in [0.4, 0.5) is 0 Å². The number of Topliss-reactive ketones (excluding diaryl/α,β-unsaturated/α-hetero) is 1. The molecule has 1 aliphatic rings. The first-order valence-electron chi connectivity index (χ1n) is 11.3. The molecule has 1 aromatic heterocycles. The average molecular weight is 507 g/mol. The van der Waals surface area contributed by atoms with Crippen molar-refractivity contribution in [2.75, 3.05) is 6.54 Å². The lowest BCUT2D eigenvalue weighted by Gasteiger charge is -2.25. The summed E-state index contributed by atoms with van der Waals surface area (Å²) in [5, 5.41) is 7.24. The molecule has 34 heavy (non-hydrogen) atoms. The van der Waals surface area contributed by atoms with Gasteiger partial charge in [-0.2, -0.15) is 9.10 Å². The van der Waals surface area contributed by atoms with Gasteiger partial charge in [0, 0.05) is 18.3 Å². The number of carbonyl (C=O) groups is 3. The first-order valence-corrected chi connectivity index (χ1v) is 13.6. The standard InChI is InChI=1S/C23H30N4O5S2/c1-15(2)20(27-34(31,32)17-9-4-3-5-10-17)22(29)25-19-11-7-6-8-16-14-33-26-18(16)12-13-24-23(30)21(19)28/h3-5,9-10,14-15,19-20,27H,6-8,11-13H2,1-2H3,(H,24,30)(H,25,29). The molecule has 184 valence electrons. The molecule has 1 aliphatic heterocycles. The number of carbonyl (C=O) groups excluding carboxylic acids is 3. The molecule has 0 saturated carbocycles.